The minimum Gasteiger partial charge on any atom is -0.435 e. The minimum atomic E-state index is 0.358. The Kier molecular flexibility index (Phi) is 1.85. The average Bonchev–Trinajstić information content (AvgIpc) is 2.08. The van der Waals surface area contributed by atoms with E-state index in [2.05, 4.69) is 20.8 Å². The second-order valence-corrected chi connectivity index (χ2v) is 3.87. The highest BCUT2D eigenvalue weighted by atomic mass is 16.4. The largest absolute Gasteiger partial charge is 0.435 e. The molecule has 1 aliphatic rings. The Morgan fingerprint density at radius 3 is 2.22 bits per heavy atom. The summed E-state index contributed by atoms with van der Waals surface area (Å²) in [6, 6.07) is 0. The van der Waals surface area contributed by atoms with E-state index in [9.17, 15) is 0 Å². The Bertz CT molecular complexity index is 89.6. The van der Waals surface area contributed by atoms with Crippen molar-refractivity contribution in [2.24, 2.45) is 0 Å². The van der Waals surface area contributed by atoms with Crippen molar-refractivity contribution >= 4 is 6.92 Å². The third kappa shape index (κ3) is 1.72. The lowest BCUT2D eigenvalue weighted by Crippen LogP contribution is -2.23. The molecule has 0 aromatic carbocycles. The van der Waals surface area contributed by atoms with E-state index in [1.807, 2.05) is 0 Å². The summed E-state index contributed by atoms with van der Waals surface area (Å²) in [5, 5.41) is 0.358. The molecule has 1 rings (SSSR count). The van der Waals surface area contributed by atoms with E-state index >= 15 is 0 Å². The maximum absolute atomic E-state index is 5.52. The Morgan fingerprint density at radius 2 is 2.00 bits per heavy atom. The number of hydrogen-bond donors (Lipinski definition) is 0. The van der Waals surface area contributed by atoms with Gasteiger partial charge in [0, 0.05) is 6.61 Å². The van der Waals surface area contributed by atoms with Crippen LogP contribution in [0.1, 0.15) is 27.2 Å². The smallest absolute Gasteiger partial charge is 0.298 e. The van der Waals surface area contributed by atoms with Crippen LogP contribution in [0.15, 0.2) is 0 Å². The molecule has 1 fully saturated rings. The summed E-state index contributed by atoms with van der Waals surface area (Å²) in [6.45, 7) is 8.20. The van der Waals surface area contributed by atoms with Gasteiger partial charge in [-0.15, -0.1) is 0 Å². The zero-order valence-corrected chi connectivity index (χ0v) is 6.61. The first kappa shape index (κ1) is 7.14. The van der Waals surface area contributed by atoms with Crippen molar-refractivity contribution in [1.29, 1.82) is 0 Å². The van der Waals surface area contributed by atoms with E-state index in [4.69, 9.17) is 4.65 Å². The summed E-state index contributed by atoms with van der Waals surface area (Å²) in [5.41, 5.74) is 0. The van der Waals surface area contributed by atoms with Crippen LogP contribution in [-0.4, -0.2) is 13.5 Å². The summed E-state index contributed by atoms with van der Waals surface area (Å²) in [6.07, 6.45) is 2.51. The fourth-order valence-electron chi connectivity index (χ4n) is 1.26. The highest BCUT2D eigenvalue weighted by Crippen LogP contribution is 2.33. The Balaban J connectivity index is 2.42. The van der Waals surface area contributed by atoms with E-state index in [0.29, 0.717) is 12.2 Å². The van der Waals surface area contributed by atoms with Crippen LogP contribution in [0.5, 0.6) is 0 Å². The van der Waals surface area contributed by atoms with Crippen molar-refractivity contribution in [2.75, 3.05) is 6.61 Å². The highest BCUT2D eigenvalue weighted by molar-refractivity contribution is 6.55. The van der Waals surface area contributed by atoms with Crippen molar-refractivity contribution in [3.63, 3.8) is 0 Å². The molecule has 0 spiro atoms. The van der Waals surface area contributed by atoms with Crippen LogP contribution in [0.4, 0.5) is 0 Å². The van der Waals surface area contributed by atoms with Gasteiger partial charge in [-0.3, -0.25) is 0 Å². The molecule has 0 bridgehead atoms. The Labute approximate surface area is 57.9 Å². The monoisotopic (exact) mass is 126 g/mol. The van der Waals surface area contributed by atoms with Gasteiger partial charge in [-0.05, 0) is 18.1 Å². The predicted octanol–water partition coefficient (Wildman–Crippen LogP) is 2.20. The summed E-state index contributed by atoms with van der Waals surface area (Å²) < 4.78 is 5.52. The molecular formula is C7H15BO. The van der Waals surface area contributed by atoms with E-state index in [1.54, 1.807) is 0 Å². The zero-order valence-electron chi connectivity index (χ0n) is 6.61. The van der Waals surface area contributed by atoms with E-state index < -0.39 is 0 Å². The first-order valence-electron chi connectivity index (χ1n) is 3.72. The quantitative estimate of drug-likeness (QED) is 0.452. The molecule has 1 saturated heterocycles. The SMILES string of the molecule is CC(C)(C)B1CCCO1. The van der Waals surface area contributed by atoms with Crippen molar-refractivity contribution in [3.05, 3.63) is 0 Å². The standard InChI is InChI=1S/C7H15BO/c1-7(2,3)8-5-4-6-9-8/h4-6H2,1-3H3. The molecule has 9 heavy (non-hydrogen) atoms. The lowest BCUT2D eigenvalue weighted by atomic mass is 9.47. The van der Waals surface area contributed by atoms with Crippen LogP contribution in [0.25, 0.3) is 0 Å². The number of rotatable bonds is 0. The summed E-state index contributed by atoms with van der Waals surface area (Å²) in [5.74, 6) is 0. The van der Waals surface area contributed by atoms with Crippen molar-refractivity contribution in [3.8, 4) is 0 Å². The van der Waals surface area contributed by atoms with E-state index in [0.717, 1.165) is 6.61 Å². The van der Waals surface area contributed by atoms with Gasteiger partial charge < -0.3 is 4.65 Å². The van der Waals surface area contributed by atoms with Crippen LogP contribution in [0.2, 0.25) is 11.6 Å². The summed E-state index contributed by atoms with van der Waals surface area (Å²) >= 11 is 0. The summed E-state index contributed by atoms with van der Waals surface area (Å²) in [7, 11) is 0. The normalized spacial score (nSPS) is 21.0. The number of hydrogen-bond acceptors (Lipinski definition) is 1. The fourth-order valence-corrected chi connectivity index (χ4v) is 1.26. The third-order valence-corrected chi connectivity index (χ3v) is 1.90. The van der Waals surface area contributed by atoms with Crippen LogP contribution < -0.4 is 0 Å². The molecule has 0 aromatic heterocycles. The van der Waals surface area contributed by atoms with Crippen LogP contribution >= 0.6 is 0 Å². The maximum atomic E-state index is 5.52. The molecule has 0 atom stereocenters. The molecule has 1 heterocycles. The zero-order chi connectivity index (χ0) is 6.91. The molecule has 2 heteroatoms. The van der Waals surface area contributed by atoms with Gasteiger partial charge >= 0.3 is 0 Å². The molecule has 52 valence electrons. The first-order chi connectivity index (χ1) is 4.11. The van der Waals surface area contributed by atoms with Gasteiger partial charge in [0.15, 0.2) is 0 Å². The molecule has 0 aliphatic carbocycles. The van der Waals surface area contributed by atoms with Crippen LogP contribution in [0, 0.1) is 0 Å². The van der Waals surface area contributed by atoms with Gasteiger partial charge in [0.25, 0.3) is 6.92 Å². The minimum absolute atomic E-state index is 0.358. The molecule has 0 saturated carbocycles. The Hall–Kier alpha value is 0.0249. The molecule has 1 aliphatic heterocycles. The molecule has 0 amide bonds. The second-order valence-electron chi connectivity index (χ2n) is 3.87. The third-order valence-electron chi connectivity index (χ3n) is 1.90. The van der Waals surface area contributed by atoms with Gasteiger partial charge in [-0.1, -0.05) is 20.8 Å². The van der Waals surface area contributed by atoms with Gasteiger partial charge in [0.05, 0.1) is 0 Å². The fraction of sp³-hybridized carbons (Fsp3) is 1.00. The van der Waals surface area contributed by atoms with E-state index in [-0.39, 0.29) is 0 Å². The van der Waals surface area contributed by atoms with Gasteiger partial charge in [0.2, 0.25) is 0 Å². The van der Waals surface area contributed by atoms with Crippen molar-refractivity contribution < 1.29 is 4.65 Å². The molecule has 0 unspecified atom stereocenters. The van der Waals surface area contributed by atoms with Crippen LogP contribution in [0.3, 0.4) is 0 Å². The lowest BCUT2D eigenvalue weighted by Gasteiger charge is -2.21. The average molecular weight is 126 g/mol. The van der Waals surface area contributed by atoms with Crippen LogP contribution in [-0.2, 0) is 4.65 Å². The van der Waals surface area contributed by atoms with Gasteiger partial charge in [0.1, 0.15) is 0 Å². The molecule has 1 nitrogen and oxygen atoms in total. The Morgan fingerprint density at radius 1 is 1.33 bits per heavy atom. The van der Waals surface area contributed by atoms with Gasteiger partial charge in [-0.2, -0.15) is 0 Å². The van der Waals surface area contributed by atoms with Crippen molar-refractivity contribution in [2.45, 2.75) is 38.8 Å². The highest BCUT2D eigenvalue weighted by Gasteiger charge is 2.33. The van der Waals surface area contributed by atoms with Crippen molar-refractivity contribution in [1.82, 2.24) is 0 Å². The molecule has 0 N–H and O–H groups in total. The predicted molar refractivity (Wildman–Crippen MR) is 40.8 cm³/mol. The lowest BCUT2D eigenvalue weighted by molar-refractivity contribution is 0.343. The molecule has 0 radical (unpaired) electrons. The molecule has 0 aromatic rings. The maximum Gasteiger partial charge on any atom is 0.298 e. The topological polar surface area (TPSA) is 9.23 Å². The molecular weight excluding hydrogens is 111 g/mol. The van der Waals surface area contributed by atoms with E-state index in [1.165, 1.54) is 12.7 Å². The second kappa shape index (κ2) is 2.33. The first-order valence-corrected chi connectivity index (χ1v) is 3.72. The summed E-state index contributed by atoms with van der Waals surface area (Å²) in [4.78, 5) is 0. The van der Waals surface area contributed by atoms with Gasteiger partial charge in [-0.25, -0.2) is 0 Å².